The fraction of sp³-hybridized carbons (Fsp3) is 0.353. The molecule has 9 nitrogen and oxygen atoms in total. The maximum atomic E-state index is 11.5. The van der Waals surface area contributed by atoms with Crippen LogP contribution in [0.4, 0.5) is 0 Å². The number of para-hydroxylation sites is 1. The minimum atomic E-state index is -2.78. The van der Waals surface area contributed by atoms with Gasteiger partial charge in [-0.15, -0.1) is 0 Å². The van der Waals surface area contributed by atoms with Gasteiger partial charge in [0.25, 0.3) is 16.2 Å². The van der Waals surface area contributed by atoms with E-state index in [2.05, 4.69) is 10.1 Å². The molecule has 148 valence electrons. The Morgan fingerprint density at radius 1 is 1.22 bits per heavy atom. The highest BCUT2D eigenvalue weighted by molar-refractivity contribution is 7.72. The lowest BCUT2D eigenvalue weighted by Gasteiger charge is -2.22. The van der Waals surface area contributed by atoms with Crippen LogP contribution in [0.3, 0.4) is 0 Å². The third kappa shape index (κ3) is 7.60. The molecule has 0 spiro atoms. The molecule has 1 aliphatic rings. The van der Waals surface area contributed by atoms with Crippen LogP contribution in [0.1, 0.15) is 13.3 Å². The van der Waals surface area contributed by atoms with Gasteiger partial charge in [-0.25, -0.2) is 5.48 Å². The van der Waals surface area contributed by atoms with Crippen molar-refractivity contribution in [2.45, 2.75) is 19.4 Å². The molecule has 0 saturated heterocycles. The van der Waals surface area contributed by atoms with Crippen molar-refractivity contribution in [3.8, 4) is 5.75 Å². The van der Waals surface area contributed by atoms with Crippen molar-refractivity contribution in [3.63, 3.8) is 0 Å². The van der Waals surface area contributed by atoms with Crippen molar-refractivity contribution in [1.29, 1.82) is 0 Å². The molecule has 0 fully saturated rings. The van der Waals surface area contributed by atoms with Crippen LogP contribution in [0.5, 0.6) is 5.75 Å². The molecular weight excluding hydrogens is 376 g/mol. The zero-order valence-corrected chi connectivity index (χ0v) is 15.7. The molecular formula is C17H22N2O7S. The Bertz CT molecular complexity index is 783. The molecule has 10 heteroatoms. The summed E-state index contributed by atoms with van der Waals surface area (Å²) in [5.74, 6) is -1.60. The molecule has 27 heavy (non-hydrogen) atoms. The second-order valence-electron chi connectivity index (χ2n) is 5.34. The number of carbonyl (C=O) groups excluding carboxylic acids is 2. The molecule has 0 saturated carbocycles. The number of benzene rings is 1. The molecule has 1 aromatic rings. The molecule has 2 rings (SSSR count). The Labute approximate surface area is 158 Å². The average Bonchev–Trinajstić information content (AvgIpc) is 2.92. The Kier molecular flexibility index (Phi) is 9.80. The summed E-state index contributed by atoms with van der Waals surface area (Å²) in [6.45, 7) is 1.39. The number of ether oxygens (including phenoxy) is 2. The standard InChI is InChI=1S/C10H14N2O6S.C7H8O/c1-6(13)18-10(19(16)17)7-4-2-3-5-11-8(7)9(14)12-15;1-8-7-5-3-2-4-6-7/h2-3,7-8,11,15H,4-5H2,1H3,(H,12,14);2-6H,1H3. The fourth-order valence-electron chi connectivity index (χ4n) is 2.31. The van der Waals surface area contributed by atoms with Crippen LogP contribution in [-0.2, 0) is 24.6 Å². The highest BCUT2D eigenvalue weighted by atomic mass is 32.2. The molecule has 2 atom stereocenters. The number of amides is 1. The summed E-state index contributed by atoms with van der Waals surface area (Å²) in [6.07, 6.45) is 3.55. The Hall–Kier alpha value is -2.69. The molecule has 1 amide bonds. The number of hydrogen-bond acceptors (Lipinski definition) is 8. The average molecular weight is 398 g/mol. The van der Waals surface area contributed by atoms with Gasteiger partial charge in [-0.05, 0) is 18.6 Å². The molecule has 0 aliphatic carbocycles. The van der Waals surface area contributed by atoms with Crippen LogP contribution in [0.15, 0.2) is 42.5 Å². The van der Waals surface area contributed by atoms with Crippen LogP contribution >= 0.6 is 0 Å². The van der Waals surface area contributed by atoms with E-state index in [-0.39, 0.29) is 6.42 Å². The van der Waals surface area contributed by atoms with Crippen molar-refractivity contribution in [2.75, 3.05) is 13.7 Å². The van der Waals surface area contributed by atoms with Gasteiger partial charge in [-0.2, -0.15) is 8.42 Å². The van der Waals surface area contributed by atoms with E-state index >= 15 is 0 Å². The molecule has 1 heterocycles. The highest BCUT2D eigenvalue weighted by Gasteiger charge is 2.34. The van der Waals surface area contributed by atoms with E-state index in [4.69, 9.17) is 9.94 Å². The van der Waals surface area contributed by atoms with E-state index < -0.39 is 39.2 Å². The maximum Gasteiger partial charge on any atom is 0.308 e. The van der Waals surface area contributed by atoms with Crippen molar-refractivity contribution in [2.24, 2.45) is 5.92 Å². The van der Waals surface area contributed by atoms with Gasteiger partial charge >= 0.3 is 5.97 Å². The summed E-state index contributed by atoms with van der Waals surface area (Å²) in [5, 5.41) is 10.9. The Morgan fingerprint density at radius 3 is 2.37 bits per heavy atom. The number of carbonyl (C=O) groups is 2. The summed E-state index contributed by atoms with van der Waals surface area (Å²) in [7, 11) is -1.12. The molecule has 0 bridgehead atoms. The minimum Gasteiger partial charge on any atom is -0.497 e. The largest absolute Gasteiger partial charge is 0.497 e. The predicted molar refractivity (Wildman–Crippen MR) is 97.7 cm³/mol. The van der Waals surface area contributed by atoms with Gasteiger partial charge < -0.3 is 14.8 Å². The predicted octanol–water partition coefficient (Wildman–Crippen LogP) is 0.293. The number of methoxy groups -OCH3 is 1. The van der Waals surface area contributed by atoms with E-state index in [9.17, 15) is 18.0 Å². The first-order chi connectivity index (χ1) is 12.9. The number of esters is 1. The lowest BCUT2D eigenvalue weighted by molar-refractivity contribution is -0.135. The van der Waals surface area contributed by atoms with Crippen molar-refractivity contribution in [3.05, 3.63) is 42.5 Å². The van der Waals surface area contributed by atoms with Gasteiger partial charge in [0.05, 0.1) is 13.0 Å². The quantitative estimate of drug-likeness (QED) is 0.218. The van der Waals surface area contributed by atoms with Gasteiger partial charge in [0.15, 0.2) is 0 Å². The molecule has 2 unspecified atom stereocenters. The van der Waals surface area contributed by atoms with Gasteiger partial charge in [0.2, 0.25) is 5.05 Å². The second-order valence-corrected chi connectivity index (χ2v) is 6.21. The van der Waals surface area contributed by atoms with Crippen LogP contribution in [0.2, 0.25) is 0 Å². The third-order valence-electron chi connectivity index (χ3n) is 3.50. The van der Waals surface area contributed by atoms with Crippen molar-refractivity contribution < 1.29 is 32.7 Å². The zero-order valence-electron chi connectivity index (χ0n) is 14.9. The lowest BCUT2D eigenvalue weighted by Crippen LogP contribution is -2.50. The van der Waals surface area contributed by atoms with Gasteiger partial charge in [-0.3, -0.25) is 14.8 Å². The van der Waals surface area contributed by atoms with E-state index in [1.807, 2.05) is 30.3 Å². The summed E-state index contributed by atoms with van der Waals surface area (Å²) < 4.78 is 31.9. The topological polar surface area (TPSA) is 131 Å². The van der Waals surface area contributed by atoms with E-state index in [0.29, 0.717) is 6.54 Å². The molecule has 0 radical (unpaired) electrons. The number of rotatable bonds is 3. The van der Waals surface area contributed by atoms with E-state index in [0.717, 1.165) is 12.7 Å². The Balaban J connectivity index is 0.000000377. The van der Waals surface area contributed by atoms with Crippen LogP contribution in [-0.4, -0.2) is 50.2 Å². The first-order valence-corrected chi connectivity index (χ1v) is 9.04. The van der Waals surface area contributed by atoms with Crippen molar-refractivity contribution >= 4 is 27.2 Å². The normalized spacial score (nSPS) is 18.2. The number of allylic oxidation sites excluding steroid dienone is 1. The summed E-state index contributed by atoms with van der Waals surface area (Å²) >= 11 is 0. The van der Waals surface area contributed by atoms with Gasteiger partial charge in [0.1, 0.15) is 11.8 Å². The van der Waals surface area contributed by atoms with Crippen LogP contribution in [0.25, 0.3) is 0 Å². The maximum absolute atomic E-state index is 11.5. The molecule has 0 aromatic heterocycles. The minimum absolute atomic E-state index is 0.182. The lowest BCUT2D eigenvalue weighted by atomic mass is 9.97. The first kappa shape index (κ1) is 22.4. The van der Waals surface area contributed by atoms with Crippen LogP contribution in [0, 0.1) is 5.92 Å². The highest BCUT2D eigenvalue weighted by Crippen LogP contribution is 2.16. The monoisotopic (exact) mass is 398 g/mol. The number of nitrogens with one attached hydrogen (secondary N) is 2. The second kappa shape index (κ2) is 11.8. The van der Waals surface area contributed by atoms with E-state index in [1.54, 1.807) is 19.3 Å². The third-order valence-corrected chi connectivity index (χ3v) is 4.21. The Morgan fingerprint density at radius 2 is 1.89 bits per heavy atom. The summed E-state index contributed by atoms with van der Waals surface area (Å²) in [4.78, 5) is 22.5. The van der Waals surface area contributed by atoms with Gasteiger partial charge in [-0.1, -0.05) is 30.4 Å². The fourth-order valence-corrected chi connectivity index (χ4v) is 2.97. The van der Waals surface area contributed by atoms with Gasteiger partial charge in [0, 0.05) is 13.5 Å². The molecule has 3 N–H and O–H groups in total. The molecule has 1 aliphatic heterocycles. The van der Waals surface area contributed by atoms with Crippen molar-refractivity contribution in [1.82, 2.24) is 10.8 Å². The molecule has 1 aromatic carbocycles. The summed E-state index contributed by atoms with van der Waals surface area (Å²) in [6, 6.07) is 8.66. The zero-order chi connectivity index (χ0) is 20.2. The summed E-state index contributed by atoms with van der Waals surface area (Å²) in [5.41, 5.74) is 1.46. The van der Waals surface area contributed by atoms with Crippen LogP contribution < -0.4 is 15.5 Å². The number of hydrogen-bond donors (Lipinski definition) is 3. The number of hydroxylamine groups is 1. The smallest absolute Gasteiger partial charge is 0.308 e. The first-order valence-electron chi connectivity index (χ1n) is 7.96. The SMILES string of the molecule is CC(=O)OC(C1CC=CCNC1C(=O)NO)=S(=O)=O.COc1ccccc1. The van der Waals surface area contributed by atoms with E-state index in [1.165, 1.54) is 5.48 Å².